The third kappa shape index (κ3) is 3.12. The fourth-order valence-electron chi connectivity index (χ4n) is 1.56. The summed E-state index contributed by atoms with van der Waals surface area (Å²) in [6, 6.07) is 9.47. The number of hydrogen-bond acceptors (Lipinski definition) is 4. The molecule has 6 heteroatoms. The first-order valence-electron chi connectivity index (χ1n) is 5.55. The minimum atomic E-state index is -1.13. The lowest BCUT2D eigenvalue weighted by Gasteiger charge is -2.06. The van der Waals surface area contributed by atoms with E-state index in [1.54, 1.807) is 24.3 Å². The number of nitrogens with one attached hydrogen (secondary N) is 1. The van der Waals surface area contributed by atoms with Crippen LogP contribution in [0.3, 0.4) is 0 Å². The molecule has 0 spiro atoms. The van der Waals surface area contributed by atoms with Gasteiger partial charge in [0.25, 0.3) is 5.91 Å². The van der Waals surface area contributed by atoms with Crippen LogP contribution in [0.5, 0.6) is 0 Å². The van der Waals surface area contributed by atoms with Crippen LogP contribution in [0.25, 0.3) is 0 Å². The predicted molar refractivity (Wildman–Crippen MR) is 66.6 cm³/mol. The van der Waals surface area contributed by atoms with Crippen molar-refractivity contribution in [3.63, 3.8) is 0 Å². The van der Waals surface area contributed by atoms with Gasteiger partial charge in [0.1, 0.15) is 0 Å². The number of amides is 1. The molecule has 0 saturated heterocycles. The molecular weight excluding hydrogens is 246 g/mol. The van der Waals surface area contributed by atoms with Crippen molar-refractivity contribution in [1.29, 1.82) is 0 Å². The van der Waals surface area contributed by atoms with Gasteiger partial charge in [0, 0.05) is 6.20 Å². The first kappa shape index (κ1) is 12.7. The first-order valence-corrected chi connectivity index (χ1v) is 5.55. The summed E-state index contributed by atoms with van der Waals surface area (Å²) in [5, 5.41) is 19.1. The first-order chi connectivity index (χ1) is 9.18. The average Bonchev–Trinajstić information content (AvgIpc) is 2.46. The molecule has 2 aromatic rings. The van der Waals surface area contributed by atoms with Crippen LogP contribution in [0.15, 0.2) is 42.6 Å². The van der Waals surface area contributed by atoms with E-state index in [0.717, 1.165) is 0 Å². The quantitative estimate of drug-likeness (QED) is 0.855. The molecular formula is C13H11N3O3. The van der Waals surface area contributed by atoms with Gasteiger partial charge in [-0.15, -0.1) is 0 Å². The van der Waals surface area contributed by atoms with Crippen molar-refractivity contribution in [2.45, 2.75) is 6.54 Å². The van der Waals surface area contributed by atoms with E-state index in [1.807, 2.05) is 0 Å². The second-order valence-electron chi connectivity index (χ2n) is 3.75. The monoisotopic (exact) mass is 257 g/mol. The van der Waals surface area contributed by atoms with Crippen LogP contribution in [0.4, 0.5) is 0 Å². The molecule has 1 heterocycles. The number of carboxylic acids is 1. The Morgan fingerprint density at radius 3 is 2.47 bits per heavy atom. The lowest BCUT2D eigenvalue weighted by Crippen LogP contribution is -2.25. The van der Waals surface area contributed by atoms with Crippen molar-refractivity contribution in [3.05, 3.63) is 59.4 Å². The predicted octanol–water partition coefficient (Wildman–Crippen LogP) is 1.10. The molecule has 2 N–H and O–H groups in total. The summed E-state index contributed by atoms with van der Waals surface area (Å²) < 4.78 is 0. The molecule has 0 saturated carbocycles. The maximum Gasteiger partial charge on any atom is 0.336 e. The number of aromatic carboxylic acids is 1. The lowest BCUT2D eigenvalue weighted by atomic mass is 10.1. The Hall–Kier alpha value is -2.76. The van der Waals surface area contributed by atoms with E-state index >= 15 is 0 Å². The van der Waals surface area contributed by atoms with E-state index in [0.29, 0.717) is 5.69 Å². The largest absolute Gasteiger partial charge is 0.478 e. The second-order valence-corrected chi connectivity index (χ2v) is 3.75. The number of carbonyl (C=O) groups is 2. The summed E-state index contributed by atoms with van der Waals surface area (Å²) >= 11 is 0. The zero-order valence-corrected chi connectivity index (χ0v) is 9.91. The van der Waals surface area contributed by atoms with Gasteiger partial charge in [-0.05, 0) is 24.3 Å². The molecule has 0 unspecified atom stereocenters. The van der Waals surface area contributed by atoms with E-state index in [1.165, 1.54) is 18.3 Å². The molecule has 0 aliphatic rings. The van der Waals surface area contributed by atoms with Gasteiger partial charge < -0.3 is 10.4 Å². The van der Waals surface area contributed by atoms with Gasteiger partial charge in [0.2, 0.25) is 0 Å². The van der Waals surface area contributed by atoms with Gasteiger partial charge in [-0.2, -0.15) is 10.2 Å². The smallest absolute Gasteiger partial charge is 0.336 e. The summed E-state index contributed by atoms with van der Waals surface area (Å²) in [5.74, 6) is -1.59. The molecule has 1 aromatic heterocycles. The zero-order valence-electron chi connectivity index (χ0n) is 9.91. The van der Waals surface area contributed by atoms with Crippen molar-refractivity contribution in [2.75, 3.05) is 0 Å². The molecule has 0 fully saturated rings. The zero-order chi connectivity index (χ0) is 13.7. The van der Waals surface area contributed by atoms with Gasteiger partial charge in [-0.1, -0.05) is 12.1 Å². The number of carboxylic acid groups (broad SMARTS) is 1. The summed E-state index contributed by atoms with van der Waals surface area (Å²) in [6.45, 7) is 0.195. The minimum Gasteiger partial charge on any atom is -0.478 e. The Morgan fingerprint density at radius 1 is 1.11 bits per heavy atom. The average molecular weight is 257 g/mol. The molecule has 19 heavy (non-hydrogen) atoms. The van der Waals surface area contributed by atoms with Crippen LogP contribution in [-0.4, -0.2) is 27.2 Å². The summed E-state index contributed by atoms with van der Waals surface area (Å²) in [5.41, 5.74) is 0.696. The van der Waals surface area contributed by atoms with Gasteiger partial charge in [-0.3, -0.25) is 4.79 Å². The maximum atomic E-state index is 11.9. The van der Waals surface area contributed by atoms with Crippen molar-refractivity contribution in [3.8, 4) is 0 Å². The fraction of sp³-hybridized carbons (Fsp3) is 0.0769. The van der Waals surface area contributed by atoms with E-state index in [9.17, 15) is 9.59 Å². The van der Waals surface area contributed by atoms with Gasteiger partial charge in [0.05, 0.1) is 23.4 Å². The molecule has 0 radical (unpaired) electrons. The summed E-state index contributed by atoms with van der Waals surface area (Å²) in [7, 11) is 0. The van der Waals surface area contributed by atoms with Crippen LogP contribution in [-0.2, 0) is 6.54 Å². The highest BCUT2D eigenvalue weighted by atomic mass is 16.4. The number of benzene rings is 1. The Morgan fingerprint density at radius 2 is 1.84 bits per heavy atom. The number of hydrogen-bond donors (Lipinski definition) is 2. The molecule has 6 nitrogen and oxygen atoms in total. The number of carbonyl (C=O) groups excluding carboxylic acids is 1. The minimum absolute atomic E-state index is 0.0286. The molecule has 96 valence electrons. The molecule has 1 amide bonds. The van der Waals surface area contributed by atoms with Crippen molar-refractivity contribution in [2.24, 2.45) is 0 Å². The highest BCUT2D eigenvalue weighted by Gasteiger charge is 2.15. The normalized spacial score (nSPS) is 9.89. The SMILES string of the molecule is O=C(O)c1ccccc1C(=O)NCc1cccnn1. The van der Waals surface area contributed by atoms with Crippen LogP contribution in [0, 0.1) is 0 Å². The number of rotatable bonds is 4. The lowest BCUT2D eigenvalue weighted by molar-refractivity contribution is 0.0691. The third-order valence-corrected chi connectivity index (χ3v) is 2.46. The molecule has 0 atom stereocenters. The van der Waals surface area contributed by atoms with Crippen molar-refractivity contribution >= 4 is 11.9 Å². The van der Waals surface area contributed by atoms with Crippen molar-refractivity contribution in [1.82, 2.24) is 15.5 Å². The topological polar surface area (TPSA) is 92.2 Å². The number of aromatic nitrogens is 2. The summed E-state index contributed by atoms with van der Waals surface area (Å²) in [6.07, 6.45) is 1.53. The summed E-state index contributed by atoms with van der Waals surface area (Å²) in [4.78, 5) is 22.9. The van der Waals surface area contributed by atoms with Gasteiger partial charge in [0.15, 0.2) is 0 Å². The second kappa shape index (κ2) is 5.72. The Labute approximate surface area is 109 Å². The van der Waals surface area contributed by atoms with E-state index in [-0.39, 0.29) is 17.7 Å². The Kier molecular flexibility index (Phi) is 3.82. The maximum absolute atomic E-state index is 11.9. The van der Waals surface area contributed by atoms with E-state index in [2.05, 4.69) is 15.5 Å². The Bertz CT molecular complexity index is 599. The van der Waals surface area contributed by atoms with Gasteiger partial charge >= 0.3 is 5.97 Å². The third-order valence-electron chi connectivity index (χ3n) is 2.46. The van der Waals surface area contributed by atoms with E-state index < -0.39 is 11.9 Å². The van der Waals surface area contributed by atoms with Crippen LogP contribution >= 0.6 is 0 Å². The highest BCUT2D eigenvalue weighted by molar-refractivity contribution is 6.04. The molecule has 0 bridgehead atoms. The van der Waals surface area contributed by atoms with Crippen LogP contribution in [0.2, 0.25) is 0 Å². The molecule has 2 rings (SSSR count). The standard InChI is InChI=1S/C13H11N3O3/c17-12(14-8-9-4-3-7-15-16-9)10-5-1-2-6-11(10)13(18)19/h1-7H,8H2,(H,14,17)(H,18,19). The van der Waals surface area contributed by atoms with Crippen LogP contribution < -0.4 is 5.32 Å². The Balaban J connectivity index is 2.10. The number of nitrogens with zero attached hydrogens (tertiary/aromatic N) is 2. The van der Waals surface area contributed by atoms with Crippen molar-refractivity contribution < 1.29 is 14.7 Å². The fourth-order valence-corrected chi connectivity index (χ4v) is 1.56. The molecule has 0 aliphatic heterocycles. The van der Waals surface area contributed by atoms with Crippen LogP contribution in [0.1, 0.15) is 26.4 Å². The van der Waals surface area contributed by atoms with Gasteiger partial charge in [-0.25, -0.2) is 4.79 Å². The highest BCUT2D eigenvalue weighted by Crippen LogP contribution is 2.08. The molecule has 0 aliphatic carbocycles. The molecule has 1 aromatic carbocycles. The van der Waals surface area contributed by atoms with E-state index in [4.69, 9.17) is 5.11 Å².